The average molecular weight is 184 g/mol. The lowest BCUT2D eigenvalue weighted by Crippen LogP contribution is -2.13. The maximum Gasteiger partial charge on any atom is 0.157 e. The van der Waals surface area contributed by atoms with Gasteiger partial charge in [0, 0.05) is 12.3 Å². The standard InChI is InChI=1S/C10H16O3/c11-9-3-1-2-8(9)4-5-10-12-6-7-13-10/h8,10H,1-7H2. The Labute approximate surface area is 78.4 Å². The minimum atomic E-state index is -0.0339. The van der Waals surface area contributed by atoms with E-state index < -0.39 is 0 Å². The van der Waals surface area contributed by atoms with Crippen LogP contribution in [-0.2, 0) is 14.3 Å². The predicted octanol–water partition coefficient (Wildman–Crippen LogP) is 1.51. The lowest BCUT2D eigenvalue weighted by atomic mass is 10.0. The fraction of sp³-hybridized carbons (Fsp3) is 0.900. The van der Waals surface area contributed by atoms with E-state index in [1.165, 1.54) is 0 Å². The molecule has 1 aliphatic carbocycles. The minimum absolute atomic E-state index is 0.0339. The van der Waals surface area contributed by atoms with Crippen molar-refractivity contribution < 1.29 is 14.3 Å². The summed E-state index contributed by atoms with van der Waals surface area (Å²) in [5.74, 6) is 0.741. The number of rotatable bonds is 3. The number of carbonyl (C=O) groups excluding carboxylic acids is 1. The fourth-order valence-corrected chi connectivity index (χ4v) is 2.10. The molecule has 3 nitrogen and oxygen atoms in total. The van der Waals surface area contributed by atoms with Gasteiger partial charge in [0.25, 0.3) is 0 Å². The van der Waals surface area contributed by atoms with Gasteiger partial charge >= 0.3 is 0 Å². The zero-order valence-corrected chi connectivity index (χ0v) is 7.83. The van der Waals surface area contributed by atoms with E-state index >= 15 is 0 Å². The number of hydrogen-bond donors (Lipinski definition) is 0. The van der Waals surface area contributed by atoms with Crippen molar-refractivity contribution in [1.82, 2.24) is 0 Å². The van der Waals surface area contributed by atoms with E-state index in [1.807, 2.05) is 0 Å². The van der Waals surface area contributed by atoms with Gasteiger partial charge in [-0.25, -0.2) is 0 Å². The summed E-state index contributed by atoms with van der Waals surface area (Å²) < 4.78 is 10.6. The van der Waals surface area contributed by atoms with Gasteiger partial charge in [0.2, 0.25) is 0 Å². The Morgan fingerprint density at radius 2 is 2.00 bits per heavy atom. The number of carbonyl (C=O) groups is 1. The molecule has 1 heterocycles. The van der Waals surface area contributed by atoms with Crippen molar-refractivity contribution in [2.24, 2.45) is 5.92 Å². The summed E-state index contributed by atoms with van der Waals surface area (Å²) in [6, 6.07) is 0. The van der Waals surface area contributed by atoms with Gasteiger partial charge in [0.1, 0.15) is 5.78 Å². The van der Waals surface area contributed by atoms with Crippen molar-refractivity contribution >= 4 is 5.78 Å². The first-order chi connectivity index (χ1) is 6.36. The summed E-state index contributed by atoms with van der Waals surface area (Å²) in [5.41, 5.74) is 0. The lowest BCUT2D eigenvalue weighted by molar-refractivity contribution is -0.121. The molecule has 0 N–H and O–H groups in total. The second-order valence-corrected chi connectivity index (χ2v) is 3.80. The van der Waals surface area contributed by atoms with E-state index in [0.29, 0.717) is 24.9 Å². The molecule has 13 heavy (non-hydrogen) atoms. The minimum Gasteiger partial charge on any atom is -0.350 e. The van der Waals surface area contributed by atoms with Crippen LogP contribution in [0.4, 0.5) is 0 Å². The molecule has 1 atom stereocenters. The van der Waals surface area contributed by atoms with Crippen LogP contribution in [0.3, 0.4) is 0 Å². The third kappa shape index (κ3) is 2.29. The van der Waals surface area contributed by atoms with Gasteiger partial charge < -0.3 is 9.47 Å². The van der Waals surface area contributed by atoms with Crippen LogP contribution in [0.5, 0.6) is 0 Å². The molecule has 1 aliphatic heterocycles. The van der Waals surface area contributed by atoms with Crippen LogP contribution in [-0.4, -0.2) is 25.3 Å². The Hall–Kier alpha value is -0.410. The summed E-state index contributed by atoms with van der Waals surface area (Å²) in [5, 5.41) is 0. The van der Waals surface area contributed by atoms with Crippen molar-refractivity contribution in [2.45, 2.75) is 38.4 Å². The van der Waals surface area contributed by atoms with Crippen LogP contribution >= 0.6 is 0 Å². The highest BCUT2D eigenvalue weighted by Gasteiger charge is 2.26. The van der Waals surface area contributed by atoms with Gasteiger partial charge in [-0.2, -0.15) is 0 Å². The molecular formula is C10H16O3. The monoisotopic (exact) mass is 184 g/mol. The molecule has 0 spiro atoms. The molecule has 0 radical (unpaired) electrons. The number of ketones is 1. The molecule has 0 aromatic carbocycles. The second kappa shape index (κ2) is 4.20. The average Bonchev–Trinajstić information content (AvgIpc) is 2.72. The van der Waals surface area contributed by atoms with Crippen molar-refractivity contribution in [3.8, 4) is 0 Å². The Balaban J connectivity index is 1.69. The molecule has 2 rings (SSSR count). The third-order valence-electron chi connectivity index (χ3n) is 2.87. The van der Waals surface area contributed by atoms with Crippen LogP contribution in [0, 0.1) is 5.92 Å². The summed E-state index contributed by atoms with van der Waals surface area (Å²) in [6.07, 6.45) is 4.74. The number of ether oxygens (including phenoxy) is 2. The molecule has 3 heteroatoms. The van der Waals surface area contributed by atoms with Crippen molar-refractivity contribution in [2.75, 3.05) is 13.2 Å². The zero-order chi connectivity index (χ0) is 9.10. The molecule has 1 saturated heterocycles. The SMILES string of the molecule is O=C1CCCC1CCC1OCCO1. The molecular weight excluding hydrogens is 168 g/mol. The first-order valence-corrected chi connectivity index (χ1v) is 5.12. The first-order valence-electron chi connectivity index (χ1n) is 5.12. The third-order valence-corrected chi connectivity index (χ3v) is 2.87. The van der Waals surface area contributed by atoms with E-state index in [0.717, 1.165) is 32.1 Å². The van der Waals surface area contributed by atoms with Gasteiger partial charge in [-0.1, -0.05) is 0 Å². The van der Waals surface area contributed by atoms with Crippen molar-refractivity contribution in [3.63, 3.8) is 0 Å². The van der Waals surface area contributed by atoms with Crippen molar-refractivity contribution in [1.29, 1.82) is 0 Å². The van der Waals surface area contributed by atoms with Crippen LogP contribution in [0.25, 0.3) is 0 Å². The topological polar surface area (TPSA) is 35.5 Å². The molecule has 1 unspecified atom stereocenters. The van der Waals surface area contributed by atoms with E-state index in [4.69, 9.17) is 9.47 Å². The van der Waals surface area contributed by atoms with Crippen LogP contribution < -0.4 is 0 Å². The van der Waals surface area contributed by atoms with Crippen LogP contribution in [0.1, 0.15) is 32.1 Å². The Kier molecular flexibility index (Phi) is 2.96. The highest BCUT2D eigenvalue weighted by atomic mass is 16.7. The van der Waals surface area contributed by atoms with Gasteiger partial charge in [-0.05, 0) is 25.7 Å². The molecule has 0 aromatic heterocycles. The van der Waals surface area contributed by atoms with E-state index in [2.05, 4.69) is 0 Å². The molecule has 0 aromatic rings. The maximum atomic E-state index is 11.3. The van der Waals surface area contributed by atoms with Gasteiger partial charge in [-0.3, -0.25) is 4.79 Å². The van der Waals surface area contributed by atoms with E-state index in [1.54, 1.807) is 0 Å². The summed E-state index contributed by atoms with van der Waals surface area (Å²) in [6.45, 7) is 1.42. The van der Waals surface area contributed by atoms with Gasteiger partial charge in [-0.15, -0.1) is 0 Å². The molecule has 2 aliphatic rings. The van der Waals surface area contributed by atoms with E-state index in [9.17, 15) is 4.79 Å². The van der Waals surface area contributed by atoms with Gasteiger partial charge in [0.05, 0.1) is 13.2 Å². The van der Waals surface area contributed by atoms with Gasteiger partial charge in [0.15, 0.2) is 6.29 Å². The first kappa shape index (κ1) is 9.16. The Morgan fingerprint density at radius 3 is 2.62 bits per heavy atom. The van der Waals surface area contributed by atoms with E-state index in [-0.39, 0.29) is 6.29 Å². The summed E-state index contributed by atoms with van der Waals surface area (Å²) in [7, 11) is 0. The maximum absolute atomic E-state index is 11.3. The van der Waals surface area contributed by atoms with Crippen molar-refractivity contribution in [3.05, 3.63) is 0 Å². The second-order valence-electron chi connectivity index (χ2n) is 3.80. The molecule has 74 valence electrons. The molecule has 2 fully saturated rings. The Morgan fingerprint density at radius 1 is 1.23 bits per heavy atom. The normalized spacial score (nSPS) is 30.2. The van der Waals surface area contributed by atoms with Crippen LogP contribution in [0.15, 0.2) is 0 Å². The molecule has 1 saturated carbocycles. The zero-order valence-electron chi connectivity index (χ0n) is 7.83. The summed E-state index contributed by atoms with van der Waals surface area (Å²) >= 11 is 0. The number of hydrogen-bond acceptors (Lipinski definition) is 3. The Bertz CT molecular complexity index is 185. The lowest BCUT2D eigenvalue weighted by Gasteiger charge is -2.11. The quantitative estimate of drug-likeness (QED) is 0.667. The smallest absolute Gasteiger partial charge is 0.157 e. The highest BCUT2D eigenvalue weighted by molar-refractivity contribution is 5.82. The predicted molar refractivity (Wildman–Crippen MR) is 47.3 cm³/mol. The highest BCUT2D eigenvalue weighted by Crippen LogP contribution is 2.27. The largest absolute Gasteiger partial charge is 0.350 e. The fourth-order valence-electron chi connectivity index (χ4n) is 2.10. The number of Topliss-reactive ketones (excluding diaryl/α,β-unsaturated/α-hetero) is 1. The van der Waals surface area contributed by atoms with Crippen LogP contribution in [0.2, 0.25) is 0 Å². The molecule has 0 bridgehead atoms. The summed E-state index contributed by atoms with van der Waals surface area (Å²) in [4.78, 5) is 11.3. The molecule has 0 amide bonds.